The van der Waals surface area contributed by atoms with Gasteiger partial charge in [-0.25, -0.2) is 9.37 Å². The Morgan fingerprint density at radius 1 is 1.50 bits per heavy atom. The molecule has 1 unspecified atom stereocenters. The van der Waals surface area contributed by atoms with Crippen molar-refractivity contribution in [1.29, 1.82) is 0 Å². The first-order chi connectivity index (χ1) is 8.70. The summed E-state index contributed by atoms with van der Waals surface area (Å²) in [5, 5.41) is 6.30. The predicted octanol–water partition coefficient (Wildman–Crippen LogP) is 2.88. The number of rotatable bonds is 5. The number of thiazole rings is 1. The molecule has 5 heteroatoms. The van der Waals surface area contributed by atoms with Crippen molar-refractivity contribution in [2.75, 3.05) is 6.54 Å². The summed E-state index contributed by atoms with van der Waals surface area (Å²) in [4.78, 5) is 8.55. The van der Waals surface area contributed by atoms with E-state index in [1.54, 1.807) is 23.6 Å². The van der Waals surface area contributed by atoms with Crippen molar-refractivity contribution in [1.82, 2.24) is 15.3 Å². The molecule has 3 nitrogen and oxygen atoms in total. The Labute approximate surface area is 110 Å². The molecule has 2 heterocycles. The third-order valence-electron chi connectivity index (χ3n) is 2.65. The first-order valence-electron chi connectivity index (χ1n) is 5.95. The fraction of sp³-hybridized carbons (Fsp3) is 0.385. The van der Waals surface area contributed by atoms with Gasteiger partial charge in [0.2, 0.25) is 0 Å². The van der Waals surface area contributed by atoms with E-state index in [0.29, 0.717) is 12.1 Å². The highest BCUT2D eigenvalue weighted by atomic mass is 32.1. The molecule has 0 spiro atoms. The molecule has 0 amide bonds. The van der Waals surface area contributed by atoms with Crippen LogP contribution in [0.5, 0.6) is 0 Å². The van der Waals surface area contributed by atoms with E-state index >= 15 is 0 Å². The topological polar surface area (TPSA) is 37.8 Å². The van der Waals surface area contributed by atoms with Crippen molar-refractivity contribution in [2.45, 2.75) is 26.3 Å². The lowest BCUT2D eigenvalue weighted by atomic mass is 10.1. The highest BCUT2D eigenvalue weighted by molar-refractivity contribution is 7.09. The van der Waals surface area contributed by atoms with E-state index < -0.39 is 0 Å². The van der Waals surface area contributed by atoms with Crippen LogP contribution in [0.25, 0.3) is 0 Å². The zero-order valence-corrected chi connectivity index (χ0v) is 11.3. The van der Waals surface area contributed by atoms with Crippen molar-refractivity contribution < 1.29 is 4.39 Å². The van der Waals surface area contributed by atoms with Crippen LogP contribution in [0.2, 0.25) is 0 Å². The summed E-state index contributed by atoms with van der Waals surface area (Å²) >= 11 is 1.61. The molecular weight excluding hydrogens is 249 g/mol. The summed E-state index contributed by atoms with van der Waals surface area (Å²) in [5.41, 5.74) is 1.44. The molecule has 0 aliphatic rings. The minimum atomic E-state index is -0.268. The monoisotopic (exact) mass is 265 g/mol. The van der Waals surface area contributed by atoms with Crippen molar-refractivity contribution >= 4 is 11.3 Å². The maximum absolute atomic E-state index is 13.8. The van der Waals surface area contributed by atoms with Gasteiger partial charge in [-0.15, -0.1) is 11.3 Å². The standard InChI is InChI=1S/C13H16FN3S/c1-3-15-12(7-10-8-18-9(2)17-10)13-11(14)5-4-6-16-13/h4-6,8,12,15H,3,7H2,1-2H3. The molecule has 0 saturated carbocycles. The Hall–Kier alpha value is -1.33. The van der Waals surface area contributed by atoms with Crippen LogP contribution in [0.15, 0.2) is 23.7 Å². The summed E-state index contributed by atoms with van der Waals surface area (Å²) in [6.07, 6.45) is 2.28. The van der Waals surface area contributed by atoms with Crippen molar-refractivity contribution in [3.05, 3.63) is 45.9 Å². The molecule has 0 bridgehead atoms. The zero-order chi connectivity index (χ0) is 13.0. The number of hydrogen-bond acceptors (Lipinski definition) is 4. The molecule has 0 radical (unpaired) electrons. The van der Waals surface area contributed by atoms with Gasteiger partial charge in [-0.3, -0.25) is 4.98 Å². The van der Waals surface area contributed by atoms with E-state index in [-0.39, 0.29) is 11.9 Å². The predicted molar refractivity (Wildman–Crippen MR) is 71.2 cm³/mol. The number of aromatic nitrogens is 2. The highest BCUT2D eigenvalue weighted by Crippen LogP contribution is 2.20. The van der Waals surface area contributed by atoms with Crippen LogP contribution in [-0.4, -0.2) is 16.5 Å². The average molecular weight is 265 g/mol. The third-order valence-corrected chi connectivity index (χ3v) is 3.47. The Balaban J connectivity index is 2.20. The number of hydrogen-bond donors (Lipinski definition) is 1. The normalized spacial score (nSPS) is 12.6. The Morgan fingerprint density at radius 2 is 2.33 bits per heavy atom. The summed E-state index contributed by atoms with van der Waals surface area (Å²) < 4.78 is 13.8. The first kappa shape index (κ1) is 13.1. The largest absolute Gasteiger partial charge is 0.308 e. The van der Waals surface area contributed by atoms with E-state index in [4.69, 9.17) is 0 Å². The van der Waals surface area contributed by atoms with E-state index in [2.05, 4.69) is 15.3 Å². The molecule has 2 aromatic rings. The van der Waals surface area contributed by atoms with Gasteiger partial charge in [0.1, 0.15) is 5.82 Å². The number of aryl methyl sites for hydroxylation is 1. The van der Waals surface area contributed by atoms with Gasteiger partial charge in [-0.2, -0.15) is 0 Å². The maximum atomic E-state index is 13.8. The molecule has 18 heavy (non-hydrogen) atoms. The fourth-order valence-corrected chi connectivity index (χ4v) is 2.50. The molecule has 1 atom stereocenters. The van der Waals surface area contributed by atoms with Gasteiger partial charge in [-0.1, -0.05) is 6.92 Å². The van der Waals surface area contributed by atoms with E-state index in [1.807, 2.05) is 19.2 Å². The van der Waals surface area contributed by atoms with Gasteiger partial charge in [0, 0.05) is 18.0 Å². The van der Waals surface area contributed by atoms with Crippen LogP contribution in [0.4, 0.5) is 4.39 Å². The Bertz CT molecular complexity index is 512. The molecule has 0 fully saturated rings. The van der Waals surface area contributed by atoms with E-state index in [1.165, 1.54) is 6.07 Å². The van der Waals surface area contributed by atoms with E-state index in [9.17, 15) is 4.39 Å². The molecule has 2 rings (SSSR count). The second-order valence-electron chi connectivity index (χ2n) is 4.04. The van der Waals surface area contributed by atoms with Gasteiger partial charge in [0.05, 0.1) is 22.4 Å². The number of pyridine rings is 1. The average Bonchev–Trinajstić information content (AvgIpc) is 2.75. The summed E-state index contributed by atoms with van der Waals surface area (Å²) in [7, 11) is 0. The molecule has 0 aromatic carbocycles. The summed E-state index contributed by atoms with van der Waals surface area (Å²) in [6, 6.07) is 2.92. The minimum Gasteiger partial charge on any atom is -0.308 e. The number of halogens is 1. The Morgan fingerprint density at radius 3 is 2.94 bits per heavy atom. The SMILES string of the molecule is CCNC(Cc1csc(C)n1)c1ncccc1F. The van der Waals surface area contributed by atoms with Gasteiger partial charge in [-0.05, 0) is 25.6 Å². The van der Waals surface area contributed by atoms with Crippen LogP contribution in [-0.2, 0) is 6.42 Å². The number of nitrogens with one attached hydrogen (secondary N) is 1. The second-order valence-corrected chi connectivity index (χ2v) is 5.10. The van der Waals surface area contributed by atoms with Gasteiger partial charge in [0.15, 0.2) is 0 Å². The molecule has 0 aliphatic carbocycles. The fourth-order valence-electron chi connectivity index (χ4n) is 1.88. The van der Waals surface area contributed by atoms with Gasteiger partial charge >= 0.3 is 0 Å². The van der Waals surface area contributed by atoms with Crippen LogP contribution in [0.3, 0.4) is 0 Å². The molecule has 2 aromatic heterocycles. The van der Waals surface area contributed by atoms with Crippen LogP contribution >= 0.6 is 11.3 Å². The summed E-state index contributed by atoms with van der Waals surface area (Å²) in [5.74, 6) is -0.268. The molecule has 0 saturated heterocycles. The van der Waals surface area contributed by atoms with Crippen molar-refractivity contribution in [3.8, 4) is 0 Å². The van der Waals surface area contributed by atoms with Crippen molar-refractivity contribution in [2.24, 2.45) is 0 Å². The van der Waals surface area contributed by atoms with E-state index in [0.717, 1.165) is 17.2 Å². The van der Waals surface area contributed by atoms with Crippen LogP contribution < -0.4 is 5.32 Å². The summed E-state index contributed by atoms with van der Waals surface area (Å²) in [6.45, 7) is 4.74. The van der Waals surface area contributed by atoms with Gasteiger partial charge < -0.3 is 5.32 Å². The second kappa shape index (κ2) is 6.02. The maximum Gasteiger partial charge on any atom is 0.146 e. The lowest BCUT2D eigenvalue weighted by molar-refractivity contribution is 0.491. The van der Waals surface area contributed by atoms with Gasteiger partial charge in [0.25, 0.3) is 0 Å². The smallest absolute Gasteiger partial charge is 0.146 e. The Kier molecular flexibility index (Phi) is 4.38. The first-order valence-corrected chi connectivity index (χ1v) is 6.83. The van der Waals surface area contributed by atoms with Crippen LogP contribution in [0.1, 0.15) is 29.4 Å². The van der Waals surface area contributed by atoms with Crippen LogP contribution in [0, 0.1) is 12.7 Å². The van der Waals surface area contributed by atoms with Crippen molar-refractivity contribution in [3.63, 3.8) is 0 Å². The minimum absolute atomic E-state index is 0.127. The zero-order valence-electron chi connectivity index (χ0n) is 10.5. The lowest BCUT2D eigenvalue weighted by Crippen LogP contribution is -2.25. The highest BCUT2D eigenvalue weighted by Gasteiger charge is 2.17. The quantitative estimate of drug-likeness (QED) is 0.903. The number of likely N-dealkylation sites (N-methyl/N-ethyl adjacent to an activating group) is 1. The molecule has 0 aliphatic heterocycles. The molecule has 1 N–H and O–H groups in total. The molecule has 96 valence electrons. The lowest BCUT2D eigenvalue weighted by Gasteiger charge is -2.16. The molecular formula is C13H16FN3S. The number of nitrogens with zero attached hydrogens (tertiary/aromatic N) is 2. The third kappa shape index (κ3) is 3.11.